The summed E-state index contributed by atoms with van der Waals surface area (Å²) in [6, 6.07) is 6.28. The van der Waals surface area contributed by atoms with Crippen molar-refractivity contribution in [3.05, 3.63) is 29.3 Å². The van der Waals surface area contributed by atoms with Gasteiger partial charge in [0.25, 0.3) is 0 Å². The fourth-order valence-corrected chi connectivity index (χ4v) is 2.61. The van der Waals surface area contributed by atoms with Gasteiger partial charge < -0.3 is 10.5 Å². The van der Waals surface area contributed by atoms with E-state index in [4.69, 9.17) is 10.5 Å². The molecule has 1 amide bonds. The van der Waals surface area contributed by atoms with Gasteiger partial charge in [-0.2, -0.15) is 0 Å². The quantitative estimate of drug-likeness (QED) is 0.888. The molecule has 0 saturated heterocycles. The molecule has 0 radical (unpaired) electrons. The van der Waals surface area contributed by atoms with Crippen molar-refractivity contribution in [2.45, 2.75) is 58.0 Å². The summed E-state index contributed by atoms with van der Waals surface area (Å²) in [5, 5.41) is 2.86. The third kappa shape index (κ3) is 3.97. The molecule has 0 unspecified atom stereocenters. The average molecular weight is 290 g/mol. The van der Waals surface area contributed by atoms with E-state index in [2.05, 4.69) is 23.5 Å². The van der Waals surface area contributed by atoms with E-state index >= 15 is 0 Å². The number of anilines is 1. The van der Waals surface area contributed by atoms with E-state index in [1.165, 1.54) is 18.4 Å². The number of carbonyl (C=O) groups is 1. The van der Waals surface area contributed by atoms with Crippen LogP contribution >= 0.6 is 0 Å². The van der Waals surface area contributed by atoms with Gasteiger partial charge in [0.2, 0.25) is 0 Å². The molecule has 1 aromatic rings. The van der Waals surface area contributed by atoms with Crippen LogP contribution in [-0.2, 0) is 10.2 Å². The monoisotopic (exact) mass is 290 g/mol. The Bertz CT molecular complexity index is 528. The van der Waals surface area contributed by atoms with Gasteiger partial charge in [0.15, 0.2) is 0 Å². The first-order valence-electron chi connectivity index (χ1n) is 7.57. The summed E-state index contributed by atoms with van der Waals surface area (Å²) < 4.78 is 5.32. The minimum absolute atomic E-state index is 0.229. The van der Waals surface area contributed by atoms with Gasteiger partial charge in [-0.15, -0.1) is 0 Å². The zero-order valence-corrected chi connectivity index (χ0v) is 13.5. The predicted molar refractivity (Wildman–Crippen MR) is 85.6 cm³/mol. The Morgan fingerprint density at radius 2 is 2.05 bits per heavy atom. The van der Waals surface area contributed by atoms with Gasteiger partial charge in [-0.05, 0) is 76.1 Å². The molecule has 4 heteroatoms. The maximum absolute atomic E-state index is 11.9. The van der Waals surface area contributed by atoms with E-state index < -0.39 is 11.7 Å². The molecule has 0 aliphatic heterocycles. The maximum Gasteiger partial charge on any atom is 0.412 e. The lowest BCUT2D eigenvalue weighted by atomic mass is 9.91. The molecule has 0 bridgehead atoms. The first kappa shape index (κ1) is 15.8. The molecule has 3 N–H and O–H groups in total. The number of amides is 1. The Kier molecular flexibility index (Phi) is 4.28. The van der Waals surface area contributed by atoms with E-state index in [9.17, 15) is 4.79 Å². The summed E-state index contributed by atoms with van der Waals surface area (Å²) in [6.07, 6.45) is 2.95. The minimum Gasteiger partial charge on any atom is -0.444 e. The summed E-state index contributed by atoms with van der Waals surface area (Å²) in [5.41, 5.74) is 8.58. The van der Waals surface area contributed by atoms with E-state index in [1.807, 2.05) is 27.7 Å². The van der Waals surface area contributed by atoms with Crippen molar-refractivity contribution in [2.75, 3.05) is 11.9 Å². The summed E-state index contributed by atoms with van der Waals surface area (Å²) in [4.78, 5) is 11.9. The van der Waals surface area contributed by atoms with Crippen molar-refractivity contribution in [2.24, 2.45) is 5.73 Å². The summed E-state index contributed by atoms with van der Waals surface area (Å²) in [7, 11) is 0. The molecule has 1 saturated carbocycles. The van der Waals surface area contributed by atoms with Crippen LogP contribution in [0.3, 0.4) is 0 Å². The lowest BCUT2D eigenvalue weighted by Gasteiger charge is -2.21. The summed E-state index contributed by atoms with van der Waals surface area (Å²) in [5.74, 6) is 0. The Morgan fingerprint density at radius 3 is 2.57 bits per heavy atom. The van der Waals surface area contributed by atoms with Crippen LogP contribution < -0.4 is 11.1 Å². The van der Waals surface area contributed by atoms with Gasteiger partial charge in [-0.1, -0.05) is 12.1 Å². The molecule has 0 aromatic heterocycles. The van der Waals surface area contributed by atoms with E-state index in [-0.39, 0.29) is 5.41 Å². The Balaban J connectivity index is 2.15. The van der Waals surface area contributed by atoms with Crippen LogP contribution in [0.2, 0.25) is 0 Å². The lowest BCUT2D eigenvalue weighted by Crippen LogP contribution is -2.27. The van der Waals surface area contributed by atoms with E-state index in [0.717, 1.165) is 17.7 Å². The molecule has 0 spiro atoms. The van der Waals surface area contributed by atoms with Crippen molar-refractivity contribution in [3.8, 4) is 0 Å². The van der Waals surface area contributed by atoms with Crippen molar-refractivity contribution < 1.29 is 9.53 Å². The molecule has 0 atom stereocenters. The van der Waals surface area contributed by atoms with Crippen LogP contribution in [0.1, 0.15) is 51.2 Å². The highest BCUT2D eigenvalue weighted by Gasteiger charge is 2.43. The molecular formula is C17H26N2O2. The second-order valence-electron chi connectivity index (χ2n) is 6.98. The van der Waals surface area contributed by atoms with Crippen LogP contribution in [0, 0.1) is 6.92 Å². The van der Waals surface area contributed by atoms with Gasteiger partial charge in [-0.25, -0.2) is 4.79 Å². The number of hydrogen-bond acceptors (Lipinski definition) is 3. The first-order valence-corrected chi connectivity index (χ1v) is 7.57. The zero-order valence-electron chi connectivity index (χ0n) is 13.5. The summed E-state index contributed by atoms with van der Waals surface area (Å²) in [6.45, 7) is 8.25. The number of benzene rings is 1. The number of nitrogens with two attached hydrogens (primary N) is 1. The molecule has 4 nitrogen and oxygen atoms in total. The maximum atomic E-state index is 11.9. The zero-order chi connectivity index (χ0) is 15.7. The second kappa shape index (κ2) is 5.68. The average Bonchev–Trinajstić information content (AvgIpc) is 3.11. The lowest BCUT2D eigenvalue weighted by molar-refractivity contribution is 0.0636. The van der Waals surface area contributed by atoms with Crippen molar-refractivity contribution in [1.29, 1.82) is 0 Å². The molecular weight excluding hydrogens is 264 g/mol. The molecule has 116 valence electrons. The van der Waals surface area contributed by atoms with Crippen molar-refractivity contribution >= 4 is 11.8 Å². The van der Waals surface area contributed by atoms with Gasteiger partial charge in [0.1, 0.15) is 5.60 Å². The van der Waals surface area contributed by atoms with Gasteiger partial charge >= 0.3 is 6.09 Å². The first-order chi connectivity index (χ1) is 9.76. The normalized spacial score (nSPS) is 16.4. The molecule has 1 fully saturated rings. The fourth-order valence-electron chi connectivity index (χ4n) is 2.61. The van der Waals surface area contributed by atoms with Gasteiger partial charge in [0, 0.05) is 5.69 Å². The van der Waals surface area contributed by atoms with Gasteiger partial charge in [0.05, 0.1) is 0 Å². The number of rotatable bonds is 4. The topological polar surface area (TPSA) is 64.3 Å². The highest BCUT2D eigenvalue weighted by molar-refractivity contribution is 5.86. The van der Waals surface area contributed by atoms with E-state index in [1.54, 1.807) is 0 Å². The van der Waals surface area contributed by atoms with Crippen LogP contribution in [0.25, 0.3) is 0 Å². The number of hydrogen-bond donors (Lipinski definition) is 2. The third-order valence-corrected chi connectivity index (χ3v) is 3.96. The molecule has 1 aliphatic carbocycles. The van der Waals surface area contributed by atoms with Crippen LogP contribution in [0.4, 0.5) is 10.5 Å². The minimum atomic E-state index is -0.493. The highest BCUT2D eigenvalue weighted by atomic mass is 16.6. The van der Waals surface area contributed by atoms with Crippen molar-refractivity contribution in [1.82, 2.24) is 0 Å². The molecule has 21 heavy (non-hydrogen) atoms. The summed E-state index contributed by atoms with van der Waals surface area (Å²) >= 11 is 0. The van der Waals surface area contributed by atoms with E-state index in [0.29, 0.717) is 6.54 Å². The number of nitrogens with one attached hydrogen (secondary N) is 1. The largest absolute Gasteiger partial charge is 0.444 e. The molecule has 1 aromatic carbocycles. The molecule has 2 rings (SSSR count). The Labute approximate surface area is 127 Å². The van der Waals surface area contributed by atoms with Crippen LogP contribution in [0.15, 0.2) is 18.2 Å². The second-order valence-corrected chi connectivity index (χ2v) is 6.98. The SMILES string of the molecule is Cc1ccc(C2(CCN)CC2)cc1NC(=O)OC(C)(C)C. The standard InChI is InChI=1S/C17H26N2O2/c1-12-5-6-13(17(7-8-17)9-10-18)11-14(12)19-15(20)21-16(2,3)4/h5-6,11H,7-10,18H2,1-4H3,(H,19,20). The molecule has 1 aliphatic rings. The Morgan fingerprint density at radius 1 is 1.38 bits per heavy atom. The van der Waals surface area contributed by atoms with Gasteiger partial charge in [-0.3, -0.25) is 5.32 Å². The predicted octanol–water partition coefficient (Wildman–Crippen LogP) is 3.72. The highest BCUT2D eigenvalue weighted by Crippen LogP contribution is 2.51. The Hall–Kier alpha value is -1.55. The van der Waals surface area contributed by atoms with Crippen molar-refractivity contribution in [3.63, 3.8) is 0 Å². The third-order valence-electron chi connectivity index (χ3n) is 3.96. The molecule has 0 heterocycles. The fraction of sp³-hybridized carbons (Fsp3) is 0.588. The number of aryl methyl sites for hydroxylation is 1. The smallest absolute Gasteiger partial charge is 0.412 e. The number of ether oxygens (including phenoxy) is 1. The number of carbonyl (C=O) groups excluding carboxylic acids is 1. The van der Waals surface area contributed by atoms with Crippen LogP contribution in [-0.4, -0.2) is 18.2 Å². The van der Waals surface area contributed by atoms with Crippen LogP contribution in [0.5, 0.6) is 0 Å².